The molecule has 1 aliphatic heterocycles. The number of hydrogen-bond acceptors (Lipinski definition) is 3. The maximum absolute atomic E-state index is 9.26. The second-order valence-electron chi connectivity index (χ2n) is 6.76. The molecule has 0 aromatic rings. The molecule has 1 saturated heterocycles. The molecule has 4 atom stereocenters. The molecule has 3 nitrogen and oxygen atoms in total. The highest BCUT2D eigenvalue weighted by molar-refractivity contribution is 6.74. The molecule has 0 saturated carbocycles. The molecule has 0 aliphatic carbocycles. The van der Waals surface area contributed by atoms with Gasteiger partial charge in [-0.05, 0) is 25.1 Å². The lowest BCUT2D eigenvalue weighted by atomic mass is 10.00. The lowest BCUT2D eigenvalue weighted by molar-refractivity contribution is -0.000349. The van der Waals surface area contributed by atoms with E-state index in [1.165, 1.54) is 0 Å². The molecule has 0 bridgehead atoms. The van der Waals surface area contributed by atoms with E-state index in [2.05, 4.69) is 40.8 Å². The third-order valence-corrected chi connectivity index (χ3v) is 8.85. The fourth-order valence-electron chi connectivity index (χ4n) is 2.05. The van der Waals surface area contributed by atoms with E-state index in [-0.39, 0.29) is 35.9 Å². The Morgan fingerprint density at radius 3 is 2.12 bits per heavy atom. The van der Waals surface area contributed by atoms with E-state index >= 15 is 0 Å². The summed E-state index contributed by atoms with van der Waals surface area (Å²) in [6.07, 6.45) is 0.129. The Balaban J connectivity index is 2.75. The minimum Gasteiger partial charge on any atom is -0.411 e. The van der Waals surface area contributed by atoms with Crippen molar-refractivity contribution < 1.29 is 14.3 Å². The Morgan fingerprint density at radius 1 is 1.24 bits per heavy atom. The molecule has 0 spiro atoms. The van der Waals surface area contributed by atoms with E-state index in [1.807, 2.05) is 6.92 Å². The van der Waals surface area contributed by atoms with Crippen molar-refractivity contribution in [2.75, 3.05) is 6.61 Å². The van der Waals surface area contributed by atoms with Crippen LogP contribution in [0.3, 0.4) is 0 Å². The maximum atomic E-state index is 9.26. The van der Waals surface area contributed by atoms with Gasteiger partial charge in [0.1, 0.15) is 0 Å². The van der Waals surface area contributed by atoms with Crippen LogP contribution in [0.4, 0.5) is 0 Å². The normalized spacial score (nSPS) is 35.3. The van der Waals surface area contributed by atoms with Crippen LogP contribution >= 0.6 is 0 Å². The fourth-order valence-corrected chi connectivity index (χ4v) is 3.49. The highest BCUT2D eigenvalue weighted by Crippen LogP contribution is 2.40. The summed E-state index contributed by atoms with van der Waals surface area (Å²) in [5.74, 6) is 0.268. The standard InChI is InChI=1S/C13H28O3Si/c1-9-11(8-14)15-10(2)12(9)16-17(6,7)13(3,4)5/h9-12,14H,8H2,1-7H3/t9?,10-,11+,12-/m0/s1. The largest absolute Gasteiger partial charge is 0.411 e. The first kappa shape index (κ1) is 15.2. The Morgan fingerprint density at radius 2 is 1.76 bits per heavy atom. The van der Waals surface area contributed by atoms with Crippen molar-refractivity contribution in [3.05, 3.63) is 0 Å². The van der Waals surface area contributed by atoms with Crippen molar-refractivity contribution in [2.24, 2.45) is 5.92 Å². The van der Waals surface area contributed by atoms with Gasteiger partial charge in [-0.1, -0.05) is 27.7 Å². The van der Waals surface area contributed by atoms with Crippen LogP contribution in [0.2, 0.25) is 18.1 Å². The zero-order chi connectivity index (χ0) is 13.4. The zero-order valence-corrected chi connectivity index (χ0v) is 13.3. The molecular weight excluding hydrogens is 232 g/mol. The van der Waals surface area contributed by atoms with Crippen molar-refractivity contribution in [2.45, 2.75) is 71.1 Å². The van der Waals surface area contributed by atoms with Crippen LogP contribution in [0.15, 0.2) is 0 Å². The highest BCUT2D eigenvalue weighted by Gasteiger charge is 2.46. The van der Waals surface area contributed by atoms with Gasteiger partial charge in [0, 0.05) is 5.92 Å². The fraction of sp³-hybridized carbons (Fsp3) is 1.00. The molecule has 0 aromatic carbocycles. The summed E-state index contributed by atoms with van der Waals surface area (Å²) >= 11 is 0. The molecular formula is C13H28O3Si. The van der Waals surface area contributed by atoms with E-state index in [4.69, 9.17) is 9.16 Å². The van der Waals surface area contributed by atoms with Crippen molar-refractivity contribution >= 4 is 8.32 Å². The van der Waals surface area contributed by atoms with E-state index < -0.39 is 8.32 Å². The molecule has 4 heteroatoms. The van der Waals surface area contributed by atoms with Gasteiger partial charge in [-0.3, -0.25) is 0 Å². The molecule has 17 heavy (non-hydrogen) atoms. The Bertz CT molecular complexity index is 260. The van der Waals surface area contributed by atoms with Crippen molar-refractivity contribution in [3.8, 4) is 0 Å². The van der Waals surface area contributed by atoms with Gasteiger partial charge in [0.2, 0.25) is 0 Å². The van der Waals surface area contributed by atoms with Crippen LogP contribution in [0.25, 0.3) is 0 Å². The number of aliphatic hydroxyl groups excluding tert-OH is 1. The van der Waals surface area contributed by atoms with E-state index in [9.17, 15) is 5.11 Å². The van der Waals surface area contributed by atoms with Gasteiger partial charge in [0.05, 0.1) is 24.9 Å². The topological polar surface area (TPSA) is 38.7 Å². The minimum atomic E-state index is -1.76. The molecule has 1 fully saturated rings. The van der Waals surface area contributed by atoms with Crippen molar-refractivity contribution in [3.63, 3.8) is 0 Å². The number of ether oxygens (including phenoxy) is 1. The Kier molecular flexibility index (Phi) is 4.45. The third kappa shape index (κ3) is 3.11. The van der Waals surface area contributed by atoms with Gasteiger partial charge in [-0.25, -0.2) is 0 Å². The van der Waals surface area contributed by atoms with Crippen LogP contribution < -0.4 is 0 Å². The quantitative estimate of drug-likeness (QED) is 0.793. The number of hydrogen-bond donors (Lipinski definition) is 1. The number of aliphatic hydroxyl groups is 1. The van der Waals surface area contributed by atoms with Crippen molar-refractivity contribution in [1.29, 1.82) is 0 Å². The zero-order valence-electron chi connectivity index (χ0n) is 12.3. The summed E-state index contributed by atoms with van der Waals surface area (Å²) < 4.78 is 12.2. The lowest BCUT2D eigenvalue weighted by Crippen LogP contribution is -2.47. The van der Waals surface area contributed by atoms with Crippen LogP contribution in [0, 0.1) is 5.92 Å². The van der Waals surface area contributed by atoms with Gasteiger partial charge < -0.3 is 14.3 Å². The minimum absolute atomic E-state index is 0.0697. The molecule has 0 aromatic heterocycles. The SMILES string of the molecule is CC1[C@@H](CO)O[C@@H](C)[C@H]1O[Si](C)(C)C(C)(C)C. The van der Waals surface area contributed by atoms with Gasteiger partial charge in [-0.15, -0.1) is 0 Å². The summed E-state index contributed by atoms with van der Waals surface area (Å²) in [5.41, 5.74) is 0. The number of rotatable bonds is 3. The van der Waals surface area contributed by atoms with Crippen molar-refractivity contribution in [1.82, 2.24) is 0 Å². The summed E-state index contributed by atoms with van der Waals surface area (Å²) in [6, 6.07) is 0. The summed E-state index contributed by atoms with van der Waals surface area (Å²) in [7, 11) is -1.76. The Labute approximate surface area is 107 Å². The molecule has 1 heterocycles. The van der Waals surface area contributed by atoms with Crippen LogP contribution in [0.1, 0.15) is 34.6 Å². The molecule has 0 amide bonds. The first-order valence-corrected chi connectivity index (χ1v) is 9.45. The molecule has 1 N–H and O–H groups in total. The van der Waals surface area contributed by atoms with Crippen LogP contribution in [-0.2, 0) is 9.16 Å². The third-order valence-electron chi connectivity index (χ3n) is 4.37. The molecule has 102 valence electrons. The van der Waals surface area contributed by atoms with Gasteiger partial charge in [0.25, 0.3) is 0 Å². The maximum Gasteiger partial charge on any atom is 0.192 e. The monoisotopic (exact) mass is 260 g/mol. The molecule has 0 radical (unpaired) electrons. The smallest absolute Gasteiger partial charge is 0.192 e. The van der Waals surface area contributed by atoms with Crippen LogP contribution in [-0.4, -0.2) is 38.3 Å². The predicted molar refractivity (Wildman–Crippen MR) is 72.7 cm³/mol. The average molecular weight is 260 g/mol. The van der Waals surface area contributed by atoms with E-state index in [1.54, 1.807) is 0 Å². The first-order valence-electron chi connectivity index (χ1n) is 6.54. The summed E-state index contributed by atoms with van der Waals surface area (Å²) in [4.78, 5) is 0. The van der Waals surface area contributed by atoms with E-state index in [0.29, 0.717) is 0 Å². The summed E-state index contributed by atoms with van der Waals surface area (Å²) in [6.45, 7) is 15.5. The summed E-state index contributed by atoms with van der Waals surface area (Å²) in [5, 5.41) is 9.47. The second kappa shape index (κ2) is 5.00. The molecule has 1 rings (SSSR count). The molecule has 1 aliphatic rings. The predicted octanol–water partition coefficient (Wildman–Crippen LogP) is 2.79. The van der Waals surface area contributed by atoms with Gasteiger partial charge in [0.15, 0.2) is 8.32 Å². The Hall–Kier alpha value is 0.0969. The van der Waals surface area contributed by atoms with Gasteiger partial charge in [-0.2, -0.15) is 0 Å². The molecule has 1 unspecified atom stereocenters. The lowest BCUT2D eigenvalue weighted by Gasteiger charge is -2.40. The van der Waals surface area contributed by atoms with E-state index in [0.717, 1.165) is 0 Å². The highest BCUT2D eigenvalue weighted by atomic mass is 28.4. The first-order chi connectivity index (χ1) is 7.60. The second-order valence-corrected chi connectivity index (χ2v) is 11.5. The van der Waals surface area contributed by atoms with Gasteiger partial charge >= 0.3 is 0 Å². The average Bonchev–Trinajstić information content (AvgIpc) is 2.43. The van der Waals surface area contributed by atoms with Crippen LogP contribution in [0.5, 0.6) is 0 Å².